The van der Waals surface area contributed by atoms with Crippen molar-refractivity contribution >= 4 is 5.69 Å². The maximum atomic E-state index is 14.1. The molecule has 1 aromatic rings. The predicted molar refractivity (Wildman–Crippen MR) is 71.6 cm³/mol. The Bertz CT molecular complexity index is 403. The van der Waals surface area contributed by atoms with Crippen LogP contribution in [0.3, 0.4) is 0 Å². The fraction of sp³-hybridized carbons (Fsp3) is 0.571. The Morgan fingerprint density at radius 1 is 1.28 bits per heavy atom. The molecule has 1 aliphatic heterocycles. The minimum absolute atomic E-state index is 0.0129. The van der Waals surface area contributed by atoms with Gasteiger partial charge in [-0.15, -0.1) is 0 Å². The summed E-state index contributed by atoms with van der Waals surface area (Å²) in [5.74, 6) is -0.196. The van der Waals surface area contributed by atoms with Crippen LogP contribution in [-0.4, -0.2) is 49.8 Å². The SMILES string of the molecule is CC(CO)c1ccc(N2CCN(C)CC2)c(F)c1. The summed E-state index contributed by atoms with van der Waals surface area (Å²) in [4.78, 5) is 4.33. The van der Waals surface area contributed by atoms with Crippen molar-refractivity contribution < 1.29 is 9.50 Å². The van der Waals surface area contributed by atoms with Gasteiger partial charge in [0.15, 0.2) is 0 Å². The van der Waals surface area contributed by atoms with Crippen molar-refractivity contribution in [3.8, 4) is 0 Å². The normalized spacial score (nSPS) is 19.0. The van der Waals surface area contributed by atoms with Gasteiger partial charge in [0.25, 0.3) is 0 Å². The van der Waals surface area contributed by atoms with E-state index in [-0.39, 0.29) is 18.3 Å². The first-order valence-corrected chi connectivity index (χ1v) is 6.45. The maximum Gasteiger partial charge on any atom is 0.146 e. The van der Waals surface area contributed by atoms with Crippen LogP contribution in [-0.2, 0) is 0 Å². The third-order valence-corrected chi connectivity index (χ3v) is 3.66. The van der Waals surface area contributed by atoms with E-state index >= 15 is 0 Å². The maximum absolute atomic E-state index is 14.1. The molecule has 1 N–H and O–H groups in total. The molecular formula is C14H21FN2O. The molecule has 3 nitrogen and oxygen atoms in total. The quantitative estimate of drug-likeness (QED) is 0.886. The highest BCUT2D eigenvalue weighted by Gasteiger charge is 2.18. The zero-order valence-corrected chi connectivity index (χ0v) is 11.1. The van der Waals surface area contributed by atoms with Gasteiger partial charge in [0, 0.05) is 38.7 Å². The third-order valence-electron chi connectivity index (χ3n) is 3.66. The molecule has 1 saturated heterocycles. The Hall–Kier alpha value is -1.13. The zero-order chi connectivity index (χ0) is 13.1. The van der Waals surface area contributed by atoms with Gasteiger partial charge in [0.1, 0.15) is 5.82 Å². The summed E-state index contributed by atoms with van der Waals surface area (Å²) < 4.78 is 14.1. The smallest absolute Gasteiger partial charge is 0.146 e. The predicted octanol–water partition coefficient (Wildman–Crippen LogP) is 1.67. The van der Waals surface area contributed by atoms with Crippen LogP contribution in [0, 0.1) is 5.82 Å². The standard InChI is InChI=1S/C14H21FN2O/c1-11(10-18)12-3-4-14(13(15)9-12)17-7-5-16(2)6-8-17/h3-4,9,11,18H,5-8,10H2,1-2H3. The number of aliphatic hydroxyl groups excluding tert-OH is 1. The molecule has 0 radical (unpaired) electrons. The first kappa shape index (κ1) is 13.3. The Balaban J connectivity index is 2.14. The molecule has 4 heteroatoms. The van der Waals surface area contributed by atoms with Crippen molar-refractivity contribution in [3.05, 3.63) is 29.6 Å². The highest BCUT2D eigenvalue weighted by molar-refractivity contribution is 5.50. The van der Waals surface area contributed by atoms with Gasteiger partial charge >= 0.3 is 0 Å². The van der Waals surface area contributed by atoms with Gasteiger partial charge in [-0.05, 0) is 24.7 Å². The topological polar surface area (TPSA) is 26.7 Å². The fourth-order valence-corrected chi connectivity index (χ4v) is 2.24. The van der Waals surface area contributed by atoms with Crippen molar-refractivity contribution in [2.24, 2.45) is 0 Å². The van der Waals surface area contributed by atoms with Crippen LogP contribution in [0.1, 0.15) is 18.4 Å². The van der Waals surface area contributed by atoms with E-state index in [2.05, 4.69) is 16.8 Å². The average Bonchev–Trinajstić information content (AvgIpc) is 2.39. The summed E-state index contributed by atoms with van der Waals surface area (Å²) in [5, 5.41) is 9.09. The molecular weight excluding hydrogens is 231 g/mol. The minimum Gasteiger partial charge on any atom is -0.396 e. The molecule has 1 heterocycles. The summed E-state index contributed by atoms with van der Waals surface area (Å²) in [6.45, 7) is 5.60. The lowest BCUT2D eigenvalue weighted by atomic mass is 10.0. The van der Waals surface area contributed by atoms with Crippen molar-refractivity contribution in [1.29, 1.82) is 0 Å². The molecule has 18 heavy (non-hydrogen) atoms. The molecule has 0 spiro atoms. The molecule has 1 aliphatic rings. The van der Waals surface area contributed by atoms with Crippen LogP contribution in [0.25, 0.3) is 0 Å². The number of rotatable bonds is 3. The largest absolute Gasteiger partial charge is 0.396 e. The van der Waals surface area contributed by atoms with Crippen LogP contribution in [0.4, 0.5) is 10.1 Å². The van der Waals surface area contributed by atoms with Crippen LogP contribution in [0.5, 0.6) is 0 Å². The molecule has 1 fully saturated rings. The molecule has 0 saturated carbocycles. The number of hydrogen-bond donors (Lipinski definition) is 1. The van der Waals surface area contributed by atoms with E-state index in [9.17, 15) is 4.39 Å². The van der Waals surface area contributed by atoms with E-state index in [0.717, 1.165) is 31.7 Å². The highest BCUT2D eigenvalue weighted by Crippen LogP contribution is 2.25. The Kier molecular flexibility index (Phi) is 4.19. The Labute approximate surface area is 108 Å². The summed E-state index contributed by atoms with van der Waals surface area (Å²) in [6, 6.07) is 5.30. The molecule has 1 aromatic carbocycles. The summed E-state index contributed by atoms with van der Waals surface area (Å²) in [7, 11) is 2.08. The van der Waals surface area contributed by atoms with Crippen LogP contribution >= 0.6 is 0 Å². The second-order valence-corrected chi connectivity index (χ2v) is 5.08. The Morgan fingerprint density at radius 2 is 1.94 bits per heavy atom. The van der Waals surface area contributed by atoms with Crippen molar-refractivity contribution in [2.75, 3.05) is 44.7 Å². The van der Waals surface area contributed by atoms with Crippen molar-refractivity contribution in [3.63, 3.8) is 0 Å². The third kappa shape index (κ3) is 2.82. The second kappa shape index (κ2) is 5.67. The number of benzene rings is 1. The van der Waals surface area contributed by atoms with Gasteiger partial charge in [0.05, 0.1) is 5.69 Å². The number of aliphatic hydroxyl groups is 1. The monoisotopic (exact) mass is 252 g/mol. The number of likely N-dealkylation sites (N-methyl/N-ethyl adjacent to an activating group) is 1. The lowest BCUT2D eigenvalue weighted by molar-refractivity contribution is 0.273. The van der Waals surface area contributed by atoms with E-state index in [1.165, 1.54) is 0 Å². The molecule has 0 aromatic heterocycles. The lowest BCUT2D eigenvalue weighted by Gasteiger charge is -2.34. The Morgan fingerprint density at radius 3 is 2.50 bits per heavy atom. The molecule has 0 amide bonds. The first-order chi connectivity index (χ1) is 8.61. The van der Waals surface area contributed by atoms with E-state index in [0.29, 0.717) is 5.69 Å². The molecule has 0 bridgehead atoms. The summed E-state index contributed by atoms with van der Waals surface area (Å²) >= 11 is 0. The number of hydrogen-bond acceptors (Lipinski definition) is 3. The molecule has 0 aliphatic carbocycles. The highest BCUT2D eigenvalue weighted by atomic mass is 19.1. The average molecular weight is 252 g/mol. The number of halogens is 1. The molecule has 2 rings (SSSR count). The van der Waals surface area contributed by atoms with Crippen LogP contribution < -0.4 is 4.90 Å². The fourth-order valence-electron chi connectivity index (χ4n) is 2.24. The summed E-state index contributed by atoms with van der Waals surface area (Å²) in [6.07, 6.45) is 0. The van der Waals surface area contributed by atoms with Gasteiger partial charge in [-0.3, -0.25) is 0 Å². The van der Waals surface area contributed by atoms with Gasteiger partial charge in [-0.1, -0.05) is 13.0 Å². The number of piperazine rings is 1. The van der Waals surface area contributed by atoms with E-state index < -0.39 is 0 Å². The molecule has 1 unspecified atom stereocenters. The molecule has 1 atom stereocenters. The van der Waals surface area contributed by atoms with E-state index in [1.807, 2.05) is 19.1 Å². The number of nitrogens with zero attached hydrogens (tertiary/aromatic N) is 2. The van der Waals surface area contributed by atoms with Crippen molar-refractivity contribution in [2.45, 2.75) is 12.8 Å². The van der Waals surface area contributed by atoms with Crippen molar-refractivity contribution in [1.82, 2.24) is 4.90 Å². The first-order valence-electron chi connectivity index (χ1n) is 6.45. The van der Waals surface area contributed by atoms with Crippen LogP contribution in [0.15, 0.2) is 18.2 Å². The van der Waals surface area contributed by atoms with Gasteiger partial charge in [0.2, 0.25) is 0 Å². The van der Waals surface area contributed by atoms with Gasteiger partial charge in [-0.25, -0.2) is 4.39 Å². The number of anilines is 1. The second-order valence-electron chi connectivity index (χ2n) is 5.08. The van der Waals surface area contributed by atoms with E-state index in [1.54, 1.807) is 6.07 Å². The molecule has 100 valence electrons. The lowest BCUT2D eigenvalue weighted by Crippen LogP contribution is -2.44. The summed E-state index contributed by atoms with van der Waals surface area (Å²) in [5.41, 5.74) is 1.53. The van der Waals surface area contributed by atoms with Gasteiger partial charge < -0.3 is 14.9 Å². The van der Waals surface area contributed by atoms with E-state index in [4.69, 9.17) is 5.11 Å². The zero-order valence-electron chi connectivity index (χ0n) is 11.1. The van der Waals surface area contributed by atoms with Gasteiger partial charge in [-0.2, -0.15) is 0 Å². The van der Waals surface area contributed by atoms with Crippen LogP contribution in [0.2, 0.25) is 0 Å². The minimum atomic E-state index is -0.183.